The molecular weight excluding hydrogens is 1080 g/mol. The minimum absolute atomic E-state index is 0. The number of rotatable bonds is 10. The lowest BCUT2D eigenvalue weighted by atomic mass is 9.73. The van der Waals surface area contributed by atoms with Crippen molar-refractivity contribution in [3.63, 3.8) is 0 Å². The molecular formula is C71H79N5O10. The first-order valence-corrected chi connectivity index (χ1v) is 30.3. The molecule has 15 heteroatoms. The zero-order chi connectivity index (χ0) is 60.9. The van der Waals surface area contributed by atoms with Gasteiger partial charge in [0.25, 0.3) is 28.4 Å². The monoisotopic (exact) mass is 1160 g/mol. The molecule has 0 aromatic heterocycles. The van der Waals surface area contributed by atoms with Gasteiger partial charge in [-0.1, -0.05) is 197 Å². The van der Waals surface area contributed by atoms with Gasteiger partial charge in [-0.05, 0) is 89.0 Å². The van der Waals surface area contributed by atoms with E-state index in [4.69, 9.17) is 0 Å². The summed E-state index contributed by atoms with van der Waals surface area (Å²) < 4.78 is 0. The number of nitrogens with zero attached hydrogens (tertiary/aromatic N) is 5. The van der Waals surface area contributed by atoms with Crippen LogP contribution in [0.15, 0.2) is 151 Å². The fraction of sp³-hybridized carbons (Fsp3) is 0.437. The highest BCUT2D eigenvalue weighted by Crippen LogP contribution is 2.62. The van der Waals surface area contributed by atoms with Crippen molar-refractivity contribution in [2.45, 2.75) is 161 Å². The van der Waals surface area contributed by atoms with Crippen molar-refractivity contribution >= 4 is 28.4 Å². The highest BCUT2D eigenvalue weighted by atomic mass is 16.6. The second-order valence-electron chi connectivity index (χ2n) is 26.5. The Kier molecular flexibility index (Phi) is 16.2. The lowest BCUT2D eigenvalue weighted by Crippen LogP contribution is -2.26. The van der Waals surface area contributed by atoms with Crippen LogP contribution in [0.5, 0.6) is 0 Å². The minimum Gasteiger partial charge on any atom is -0.258 e. The molecule has 0 saturated heterocycles. The molecule has 10 aliphatic rings. The van der Waals surface area contributed by atoms with Crippen LogP contribution in [-0.4, -0.2) is 24.6 Å². The molecule has 11 atom stereocenters. The van der Waals surface area contributed by atoms with E-state index >= 15 is 0 Å². The SMILES string of the molecule is C.CC(C)C12C=CC(C1)c1c([N+](=O)[O-])cccc12.CC(C)C12C=CC(C1)c1cccc([N+](=O)[O-])c12.CC(C)C1=CC2CC1c1c2cccc1[N+](=O)[O-].CC(C)C1=CC2CC1c1cccc([N+](=O)[O-])c12.CC(C)C1C2C=CC1c1c2cccc1[N+](=O)[O-]. The Morgan fingerprint density at radius 3 is 1.43 bits per heavy atom. The molecule has 15 nitrogen and oxygen atoms in total. The fourth-order valence-corrected chi connectivity index (χ4v) is 17.1. The molecule has 11 unspecified atom stereocenters. The number of hydrogen-bond acceptors (Lipinski definition) is 10. The second-order valence-corrected chi connectivity index (χ2v) is 26.5. The van der Waals surface area contributed by atoms with Crippen molar-refractivity contribution in [1.82, 2.24) is 0 Å². The predicted octanol–water partition coefficient (Wildman–Crippen LogP) is 18.9. The van der Waals surface area contributed by atoms with E-state index in [1.807, 2.05) is 36.4 Å². The van der Waals surface area contributed by atoms with Gasteiger partial charge in [-0.15, -0.1) is 0 Å². The summed E-state index contributed by atoms with van der Waals surface area (Å²) in [6.45, 7) is 21.8. The third kappa shape index (κ3) is 9.73. The molecule has 0 amide bonds. The zero-order valence-electron chi connectivity index (χ0n) is 50.0. The molecule has 0 spiro atoms. The Morgan fingerprint density at radius 2 is 0.860 bits per heavy atom. The summed E-state index contributed by atoms with van der Waals surface area (Å²) in [7, 11) is 0. The second kappa shape index (κ2) is 22.9. The van der Waals surface area contributed by atoms with Gasteiger partial charge in [0.15, 0.2) is 0 Å². The van der Waals surface area contributed by atoms with Gasteiger partial charge >= 0.3 is 0 Å². The molecule has 0 aliphatic heterocycles. The van der Waals surface area contributed by atoms with Crippen molar-refractivity contribution in [2.24, 2.45) is 35.5 Å². The molecule has 10 aliphatic carbocycles. The molecule has 5 aromatic carbocycles. The topological polar surface area (TPSA) is 216 Å². The van der Waals surface area contributed by atoms with Gasteiger partial charge in [0.05, 0.1) is 24.6 Å². The maximum Gasteiger partial charge on any atom is 0.273 e. The summed E-state index contributed by atoms with van der Waals surface area (Å²) in [5.74, 6) is 5.60. The van der Waals surface area contributed by atoms with Crippen molar-refractivity contribution in [2.75, 3.05) is 0 Å². The molecule has 0 heterocycles. The highest BCUT2D eigenvalue weighted by molar-refractivity contribution is 5.65. The van der Waals surface area contributed by atoms with Crippen molar-refractivity contribution in [3.05, 3.63) is 257 Å². The zero-order valence-corrected chi connectivity index (χ0v) is 50.0. The van der Waals surface area contributed by atoms with E-state index in [9.17, 15) is 50.6 Å². The summed E-state index contributed by atoms with van der Waals surface area (Å²) >= 11 is 0. The Morgan fingerprint density at radius 1 is 0.419 bits per heavy atom. The molecule has 10 bridgehead atoms. The Balaban J connectivity index is 0.000000119. The van der Waals surface area contributed by atoms with E-state index in [0.717, 1.165) is 59.1 Å². The molecule has 86 heavy (non-hydrogen) atoms. The van der Waals surface area contributed by atoms with Crippen LogP contribution in [0.2, 0.25) is 0 Å². The molecule has 448 valence electrons. The first-order valence-electron chi connectivity index (χ1n) is 30.3. The van der Waals surface area contributed by atoms with Gasteiger partial charge in [-0.3, -0.25) is 50.6 Å². The quantitative estimate of drug-likeness (QED) is 0.0732. The molecule has 0 N–H and O–H groups in total. The van der Waals surface area contributed by atoms with E-state index in [0.29, 0.717) is 87.6 Å². The first-order chi connectivity index (χ1) is 40.4. The van der Waals surface area contributed by atoms with E-state index in [1.165, 1.54) is 33.4 Å². The third-order valence-electron chi connectivity index (χ3n) is 20.9. The normalized spacial score (nSPS) is 26.9. The van der Waals surface area contributed by atoms with Crippen LogP contribution < -0.4 is 0 Å². The molecule has 15 rings (SSSR count). The van der Waals surface area contributed by atoms with Gasteiger partial charge in [-0.25, -0.2) is 0 Å². The van der Waals surface area contributed by atoms with Gasteiger partial charge < -0.3 is 0 Å². The van der Waals surface area contributed by atoms with Crippen molar-refractivity contribution in [1.29, 1.82) is 0 Å². The first kappa shape index (κ1) is 60.9. The molecule has 5 aromatic rings. The van der Waals surface area contributed by atoms with Crippen molar-refractivity contribution < 1.29 is 24.6 Å². The number of nitro groups is 5. The molecule has 0 fully saturated rings. The van der Waals surface area contributed by atoms with Crippen LogP contribution in [0.1, 0.15) is 205 Å². The third-order valence-corrected chi connectivity index (χ3v) is 20.9. The van der Waals surface area contributed by atoms with E-state index in [-0.39, 0.29) is 66.5 Å². The standard InChI is InChI=1S/5C14H15NO2.CH4/c1-8(2)11-6-9-7-12(11)10-4-3-5-13(14(9)10)15(16)17;1-8(2)11-6-9-7-12(11)14-10(9)4-3-5-13(14)15(16)17;1-9(2)14-7-6-10(8-14)13-11(14)4-3-5-12(13)15(16)17;1-9(2)14-7-6-10(8-14)11-4-3-5-12(13(11)14)15(16)17;1-8(2)13-10-6-7-11(13)14-9(10)4-3-5-12(14)15(16)17;/h2*3-6,8-9,12H,7H2,1-2H3;2*3-7,9-10H,8H2,1-2H3;3-8,10-11,13H,1-2H3;1H4. The average Bonchev–Trinajstić information content (AvgIpc) is 1.77. The maximum absolute atomic E-state index is 11.2. The fourth-order valence-electron chi connectivity index (χ4n) is 17.1. The minimum atomic E-state index is -0.249. The van der Waals surface area contributed by atoms with Crippen LogP contribution in [-0.2, 0) is 10.8 Å². The average molecular weight is 1160 g/mol. The molecule has 0 saturated carbocycles. The van der Waals surface area contributed by atoms with Gasteiger partial charge in [-0.2, -0.15) is 0 Å². The predicted molar refractivity (Wildman–Crippen MR) is 337 cm³/mol. The summed E-state index contributed by atoms with van der Waals surface area (Å²) in [6, 6.07) is 27.5. The number of benzene rings is 5. The Hall–Kier alpha value is -8.20. The van der Waals surface area contributed by atoms with Crippen LogP contribution >= 0.6 is 0 Å². The van der Waals surface area contributed by atoms with Gasteiger partial charge in [0.1, 0.15) is 0 Å². The van der Waals surface area contributed by atoms with Crippen LogP contribution in [0.25, 0.3) is 0 Å². The number of hydrogen-bond donors (Lipinski definition) is 0. The van der Waals surface area contributed by atoms with Gasteiger partial charge in [0, 0.05) is 116 Å². The summed E-state index contributed by atoms with van der Waals surface area (Å²) in [5.41, 5.74) is 15.0. The van der Waals surface area contributed by atoms with Crippen LogP contribution in [0, 0.1) is 86.1 Å². The van der Waals surface area contributed by atoms with Crippen molar-refractivity contribution in [3.8, 4) is 0 Å². The van der Waals surface area contributed by atoms with E-state index < -0.39 is 0 Å². The summed E-state index contributed by atoms with van der Waals surface area (Å²) in [6.07, 6.45) is 21.8. The lowest BCUT2D eigenvalue weighted by molar-refractivity contribution is -0.386. The smallest absolute Gasteiger partial charge is 0.258 e. The summed E-state index contributed by atoms with van der Waals surface area (Å²) in [5, 5.41) is 55.5. The lowest BCUT2D eigenvalue weighted by Gasteiger charge is -2.30. The van der Waals surface area contributed by atoms with E-state index in [1.54, 1.807) is 42.5 Å². The molecule has 0 radical (unpaired) electrons. The number of fused-ring (bicyclic) bond motifs is 25. The number of allylic oxidation sites excluding steroid dienone is 10. The Labute approximate surface area is 503 Å². The largest absolute Gasteiger partial charge is 0.273 e. The number of nitro benzene ring substituents is 5. The maximum atomic E-state index is 11.2. The van der Waals surface area contributed by atoms with Gasteiger partial charge in [0.2, 0.25) is 0 Å². The van der Waals surface area contributed by atoms with Crippen LogP contribution in [0.4, 0.5) is 28.4 Å². The van der Waals surface area contributed by atoms with Crippen LogP contribution in [0.3, 0.4) is 0 Å². The van der Waals surface area contributed by atoms with E-state index in [2.05, 4.69) is 130 Å². The summed E-state index contributed by atoms with van der Waals surface area (Å²) in [4.78, 5) is 54.3. The highest BCUT2D eigenvalue weighted by Gasteiger charge is 2.53. The Bertz CT molecular complexity index is 3740.